The molecule has 1 saturated carbocycles. The number of sulfonamides is 1. The number of nitrogens with zero attached hydrogens (tertiary/aromatic N) is 1. The zero-order chi connectivity index (χ0) is 44.3. The number of unbranched alkanes of at least 4 members (excludes halogenated alkanes) is 7. The Morgan fingerprint density at radius 3 is 1.87 bits per heavy atom. The lowest BCUT2D eigenvalue weighted by Gasteiger charge is -2.27. The molecule has 5 amide bonds. The van der Waals surface area contributed by atoms with E-state index in [2.05, 4.69) is 27.6 Å². The molecule has 3 aromatic rings. The largest absolute Gasteiger partial charge is 0.348 e. The van der Waals surface area contributed by atoms with Gasteiger partial charge in [0, 0.05) is 32.0 Å². The van der Waals surface area contributed by atoms with Crippen LogP contribution in [0.25, 0.3) is 0 Å². The lowest BCUT2D eigenvalue weighted by atomic mass is 9.85. The molecule has 0 aromatic heterocycles. The van der Waals surface area contributed by atoms with Gasteiger partial charge in [0.15, 0.2) is 0 Å². The predicted octanol–water partition coefficient (Wildman–Crippen LogP) is 6.28. The first-order valence-corrected chi connectivity index (χ1v) is 23.9. The third-order valence-electron chi connectivity index (χ3n) is 12.0. The van der Waals surface area contributed by atoms with E-state index in [1.165, 1.54) is 17.0 Å². The van der Waals surface area contributed by atoms with Gasteiger partial charge in [-0.15, -0.1) is 0 Å². The summed E-state index contributed by atoms with van der Waals surface area (Å²) < 4.78 is 27.6. The van der Waals surface area contributed by atoms with Crippen molar-refractivity contribution in [1.29, 1.82) is 0 Å². The Balaban J connectivity index is 1.14. The Morgan fingerprint density at radius 2 is 1.23 bits per heavy atom. The molecule has 0 radical (unpaired) electrons. The summed E-state index contributed by atoms with van der Waals surface area (Å²) in [5, 5.41) is 8.38. The highest BCUT2D eigenvalue weighted by molar-refractivity contribution is 7.89. The second-order valence-corrected chi connectivity index (χ2v) is 18.3. The standard InChI is InChI=1S/C48H63N5O8S/c1-2-3-10-30-41(45(56)52-42(34-35-21-11-8-12-22-35)43(54)46(57)49-31-32-50-62(60,61)37-25-13-9-14-26-37)51-44(55)38(36-23-16-17-24-36)27-15-6-4-5-7-20-33-53-47(58)39-28-18-19-29-40(39)48(53)59/h8-9,11-14,18-19,21-22,25-26,28-29,36,38,41-42,50H,2-7,10,15-17,20,23-24,27,30-34H2,1H3,(H,49,57)(H,51,55)(H,52,56)/t38?,41-,42-/m0/s1. The minimum atomic E-state index is -3.81. The fourth-order valence-corrected chi connectivity index (χ4v) is 9.54. The number of carbonyl (C=O) groups excluding carboxylic acids is 6. The molecule has 1 aliphatic carbocycles. The summed E-state index contributed by atoms with van der Waals surface area (Å²) >= 11 is 0. The first-order valence-electron chi connectivity index (χ1n) is 22.5. The molecule has 3 atom stereocenters. The maximum atomic E-state index is 14.1. The Hall–Kier alpha value is -5.21. The van der Waals surface area contributed by atoms with Crippen molar-refractivity contribution in [2.45, 2.75) is 127 Å². The fourth-order valence-electron chi connectivity index (χ4n) is 8.49. The van der Waals surface area contributed by atoms with Gasteiger partial charge in [-0.2, -0.15) is 0 Å². The monoisotopic (exact) mass is 869 g/mol. The molecule has 14 heteroatoms. The number of benzene rings is 3. The molecule has 1 unspecified atom stereocenters. The maximum absolute atomic E-state index is 14.1. The molecule has 0 saturated heterocycles. The van der Waals surface area contributed by atoms with E-state index in [0.29, 0.717) is 36.9 Å². The van der Waals surface area contributed by atoms with Gasteiger partial charge < -0.3 is 16.0 Å². The van der Waals surface area contributed by atoms with Crippen LogP contribution in [0.15, 0.2) is 89.8 Å². The molecule has 0 bridgehead atoms. The van der Waals surface area contributed by atoms with E-state index < -0.39 is 39.7 Å². The topological polar surface area (TPSA) is 188 Å². The van der Waals surface area contributed by atoms with Gasteiger partial charge in [-0.25, -0.2) is 13.1 Å². The first kappa shape index (κ1) is 47.8. The summed E-state index contributed by atoms with van der Waals surface area (Å²) in [6, 6.07) is 21.6. The SMILES string of the molecule is CCCCC[C@H](NC(=O)C(CCCCCCCCN1C(=O)c2ccccc2C1=O)C1CCCC1)C(=O)N[C@@H](Cc1ccccc1)C(=O)C(=O)NCCNS(=O)(=O)c1ccccc1. The van der Waals surface area contributed by atoms with Crippen LogP contribution in [0.3, 0.4) is 0 Å². The Labute approximate surface area is 366 Å². The molecule has 3 aromatic carbocycles. The van der Waals surface area contributed by atoms with Gasteiger partial charge in [-0.3, -0.25) is 33.7 Å². The molecule has 1 aliphatic heterocycles. The number of hydrogen-bond acceptors (Lipinski definition) is 8. The molecule has 2 aliphatic rings. The van der Waals surface area contributed by atoms with Gasteiger partial charge in [-0.1, -0.05) is 132 Å². The molecule has 4 N–H and O–H groups in total. The van der Waals surface area contributed by atoms with E-state index in [9.17, 15) is 37.2 Å². The highest BCUT2D eigenvalue weighted by Gasteiger charge is 2.36. The highest BCUT2D eigenvalue weighted by atomic mass is 32.2. The summed E-state index contributed by atoms with van der Waals surface area (Å²) in [5.74, 6) is -3.00. The smallest absolute Gasteiger partial charge is 0.289 e. The van der Waals surface area contributed by atoms with E-state index in [-0.39, 0.29) is 54.0 Å². The first-order chi connectivity index (χ1) is 30.0. The lowest BCUT2D eigenvalue weighted by Crippen LogP contribution is -2.55. The van der Waals surface area contributed by atoms with Crippen molar-refractivity contribution in [3.05, 3.63) is 102 Å². The van der Waals surface area contributed by atoms with Gasteiger partial charge in [0.1, 0.15) is 12.1 Å². The lowest BCUT2D eigenvalue weighted by molar-refractivity contribution is -0.140. The summed E-state index contributed by atoms with van der Waals surface area (Å²) in [7, 11) is -3.81. The molecule has 0 spiro atoms. The number of carbonyl (C=O) groups is 6. The highest BCUT2D eigenvalue weighted by Crippen LogP contribution is 2.35. The predicted molar refractivity (Wildman–Crippen MR) is 237 cm³/mol. The second kappa shape index (κ2) is 24.4. The van der Waals surface area contributed by atoms with Crippen molar-refractivity contribution < 1.29 is 37.2 Å². The van der Waals surface area contributed by atoms with Crippen molar-refractivity contribution >= 4 is 45.3 Å². The molecular weight excluding hydrogens is 807 g/mol. The molecule has 1 heterocycles. The number of fused-ring (bicyclic) bond motifs is 1. The van der Waals surface area contributed by atoms with Gasteiger partial charge in [0.25, 0.3) is 17.7 Å². The van der Waals surface area contributed by atoms with Crippen LogP contribution in [0.1, 0.15) is 130 Å². The minimum Gasteiger partial charge on any atom is -0.348 e. The van der Waals surface area contributed by atoms with Gasteiger partial charge in [0.2, 0.25) is 27.6 Å². The number of ketones is 1. The normalized spacial score (nSPS) is 15.5. The Bertz CT molecular complexity index is 2040. The fraction of sp³-hybridized carbons (Fsp3) is 0.500. The van der Waals surface area contributed by atoms with Crippen LogP contribution in [-0.2, 0) is 35.6 Å². The number of imide groups is 1. The third-order valence-corrected chi connectivity index (χ3v) is 13.4. The Morgan fingerprint density at radius 1 is 0.661 bits per heavy atom. The average Bonchev–Trinajstić information content (AvgIpc) is 3.90. The van der Waals surface area contributed by atoms with Crippen LogP contribution in [-0.4, -0.2) is 80.4 Å². The molecule has 334 valence electrons. The van der Waals surface area contributed by atoms with Crippen molar-refractivity contribution in [2.75, 3.05) is 19.6 Å². The Kier molecular flexibility index (Phi) is 18.9. The van der Waals surface area contributed by atoms with E-state index >= 15 is 0 Å². The second-order valence-electron chi connectivity index (χ2n) is 16.5. The molecular formula is C48H63N5O8S. The molecule has 1 fully saturated rings. The summed E-state index contributed by atoms with van der Waals surface area (Å²) in [4.78, 5) is 81.8. The number of hydrogen-bond donors (Lipinski definition) is 4. The quantitative estimate of drug-likeness (QED) is 0.0392. The zero-order valence-corrected chi connectivity index (χ0v) is 36.8. The van der Waals surface area contributed by atoms with Crippen molar-refractivity contribution in [3.63, 3.8) is 0 Å². The van der Waals surface area contributed by atoms with Crippen LogP contribution in [0.4, 0.5) is 0 Å². The number of nitrogens with one attached hydrogen (secondary N) is 4. The van der Waals surface area contributed by atoms with Gasteiger partial charge in [0.05, 0.1) is 16.0 Å². The third kappa shape index (κ3) is 13.9. The van der Waals surface area contributed by atoms with E-state index in [1.807, 2.05) is 6.07 Å². The zero-order valence-electron chi connectivity index (χ0n) is 35.9. The van der Waals surface area contributed by atoms with Gasteiger partial charge in [-0.05, 0) is 67.9 Å². The molecule has 13 nitrogen and oxygen atoms in total. The van der Waals surface area contributed by atoms with Crippen LogP contribution >= 0.6 is 0 Å². The summed E-state index contributed by atoms with van der Waals surface area (Å²) in [6.45, 7) is 2.15. The van der Waals surface area contributed by atoms with E-state index in [4.69, 9.17) is 0 Å². The van der Waals surface area contributed by atoms with Crippen LogP contribution in [0.5, 0.6) is 0 Å². The molecule has 5 rings (SSSR count). The van der Waals surface area contributed by atoms with E-state index in [1.54, 1.807) is 66.7 Å². The van der Waals surface area contributed by atoms with Crippen molar-refractivity contribution in [3.8, 4) is 0 Å². The average molecular weight is 870 g/mol. The van der Waals surface area contributed by atoms with Crippen LogP contribution < -0.4 is 20.7 Å². The summed E-state index contributed by atoms with van der Waals surface area (Å²) in [6.07, 6.45) is 13.0. The maximum Gasteiger partial charge on any atom is 0.289 e. The van der Waals surface area contributed by atoms with Crippen LogP contribution in [0.2, 0.25) is 0 Å². The van der Waals surface area contributed by atoms with Gasteiger partial charge >= 0.3 is 0 Å². The number of rotatable bonds is 27. The summed E-state index contributed by atoms with van der Waals surface area (Å²) in [5.41, 5.74) is 1.66. The number of Topliss-reactive ketones (excluding diaryl/α,β-unsaturated/α-hetero) is 1. The van der Waals surface area contributed by atoms with Crippen molar-refractivity contribution in [1.82, 2.24) is 25.6 Å². The van der Waals surface area contributed by atoms with Crippen molar-refractivity contribution in [2.24, 2.45) is 11.8 Å². The minimum absolute atomic E-state index is 0.0442. The molecule has 62 heavy (non-hydrogen) atoms. The van der Waals surface area contributed by atoms with Crippen LogP contribution in [0, 0.1) is 11.8 Å². The van der Waals surface area contributed by atoms with E-state index in [0.717, 1.165) is 82.6 Å². The number of amides is 5.